The molecule has 0 aliphatic heterocycles. The van der Waals surface area contributed by atoms with E-state index in [1.54, 1.807) is 0 Å². The van der Waals surface area contributed by atoms with Crippen LogP contribution in [-0.2, 0) is 0 Å². The first kappa shape index (κ1) is 23.7. The van der Waals surface area contributed by atoms with E-state index in [9.17, 15) is 0 Å². The van der Waals surface area contributed by atoms with Crippen molar-refractivity contribution in [2.45, 2.75) is 17.7 Å². The first-order chi connectivity index (χ1) is 20.7. The van der Waals surface area contributed by atoms with Crippen LogP contribution in [0.25, 0.3) is 76.5 Å². The van der Waals surface area contributed by atoms with Crippen LogP contribution in [0.3, 0.4) is 0 Å². The predicted octanol–water partition coefficient (Wildman–Crippen LogP) is 10.3. The maximum Gasteiger partial charge on any atom is 0.0562 e. The molecule has 200 valence electrons. The van der Waals surface area contributed by atoms with Gasteiger partial charge in [-0.3, -0.25) is 0 Å². The molecular weight excluding hydrogens is 531 g/mol. The van der Waals surface area contributed by atoms with Gasteiger partial charge in [-0.2, -0.15) is 0 Å². The van der Waals surface area contributed by atoms with Crippen molar-refractivity contribution >= 4 is 89.2 Å². The van der Waals surface area contributed by atoms with Gasteiger partial charge in [-0.1, -0.05) is 72.8 Å². The summed E-state index contributed by atoms with van der Waals surface area (Å²) in [6.07, 6.45) is 8.80. The van der Waals surface area contributed by atoms with E-state index in [4.69, 9.17) is 5.73 Å². The first-order valence-corrected chi connectivity index (χ1v) is 14.9. The molecule has 0 bridgehead atoms. The summed E-state index contributed by atoms with van der Waals surface area (Å²) in [5.41, 5.74) is 14.6. The van der Waals surface area contributed by atoms with Crippen LogP contribution in [0.4, 0.5) is 5.69 Å². The highest BCUT2D eigenvalue weighted by molar-refractivity contribution is 7.80. The minimum absolute atomic E-state index is 0.730. The van der Waals surface area contributed by atoms with Crippen LogP contribution in [0.2, 0.25) is 0 Å². The highest BCUT2D eigenvalue weighted by atomic mass is 32.1. The summed E-state index contributed by atoms with van der Waals surface area (Å²) in [6.45, 7) is 0. The van der Waals surface area contributed by atoms with Crippen LogP contribution >= 0.6 is 12.6 Å². The van der Waals surface area contributed by atoms with E-state index in [-0.39, 0.29) is 0 Å². The van der Waals surface area contributed by atoms with Gasteiger partial charge in [-0.15, -0.1) is 12.6 Å². The molecule has 2 N–H and O–H groups in total. The van der Waals surface area contributed by atoms with Gasteiger partial charge in [0, 0.05) is 43.2 Å². The molecule has 3 nitrogen and oxygen atoms in total. The van der Waals surface area contributed by atoms with Crippen LogP contribution < -0.4 is 5.73 Å². The molecule has 0 saturated carbocycles. The number of rotatable bonds is 2. The third kappa shape index (κ3) is 3.24. The van der Waals surface area contributed by atoms with Crippen molar-refractivity contribution in [2.75, 3.05) is 5.73 Å². The molecule has 0 amide bonds. The number of thiol groups is 1. The Kier molecular flexibility index (Phi) is 4.97. The number of nitrogens with zero attached hydrogens (tertiary/aromatic N) is 2. The minimum Gasteiger partial charge on any atom is -0.397 e. The van der Waals surface area contributed by atoms with Crippen molar-refractivity contribution in [3.8, 4) is 5.69 Å². The Morgan fingerprint density at radius 1 is 0.595 bits per heavy atom. The Hall–Kier alpha value is -4.93. The topological polar surface area (TPSA) is 35.9 Å². The minimum atomic E-state index is 0.730. The van der Waals surface area contributed by atoms with Crippen LogP contribution in [0.15, 0.2) is 126 Å². The van der Waals surface area contributed by atoms with E-state index < -0.39 is 0 Å². The Labute approximate surface area is 248 Å². The van der Waals surface area contributed by atoms with Gasteiger partial charge in [0.1, 0.15) is 0 Å². The zero-order chi connectivity index (χ0) is 27.9. The van der Waals surface area contributed by atoms with E-state index in [0.717, 1.165) is 50.7 Å². The molecule has 0 radical (unpaired) electrons. The number of anilines is 1. The van der Waals surface area contributed by atoms with Crippen molar-refractivity contribution < 1.29 is 0 Å². The van der Waals surface area contributed by atoms with Gasteiger partial charge in [0.15, 0.2) is 0 Å². The number of allylic oxidation sites excluding steroid dienone is 4. The molecule has 0 fully saturated rings. The smallest absolute Gasteiger partial charge is 0.0562 e. The second-order valence-corrected chi connectivity index (χ2v) is 11.8. The number of nitrogen functional groups attached to an aromatic ring is 1. The largest absolute Gasteiger partial charge is 0.397 e. The SMILES string of the molecule is Nc1c(S)ccc2ccc3cc(-n4c5ccccc5c5cc6c7ccccc7n(C7=CC=CCC7)c6cc54)ccc3c12. The van der Waals surface area contributed by atoms with Gasteiger partial charge in [0.25, 0.3) is 0 Å². The number of para-hydroxylation sites is 2. The molecule has 6 aromatic carbocycles. The Morgan fingerprint density at radius 2 is 1.29 bits per heavy atom. The van der Waals surface area contributed by atoms with E-state index in [1.165, 1.54) is 49.3 Å². The predicted molar refractivity (Wildman–Crippen MR) is 183 cm³/mol. The van der Waals surface area contributed by atoms with Crippen molar-refractivity contribution in [1.29, 1.82) is 0 Å². The lowest BCUT2D eigenvalue weighted by atomic mass is 10.00. The number of benzene rings is 6. The molecule has 1 aliphatic rings. The fourth-order valence-corrected chi connectivity index (χ4v) is 7.28. The molecule has 42 heavy (non-hydrogen) atoms. The van der Waals surface area contributed by atoms with Crippen molar-refractivity contribution in [1.82, 2.24) is 9.13 Å². The lowest BCUT2D eigenvalue weighted by molar-refractivity contribution is 0.979. The zero-order valence-corrected chi connectivity index (χ0v) is 23.8. The quantitative estimate of drug-likeness (QED) is 0.124. The summed E-state index contributed by atoms with van der Waals surface area (Å²) < 4.78 is 4.89. The number of aromatic nitrogens is 2. The van der Waals surface area contributed by atoms with Crippen molar-refractivity contribution in [2.24, 2.45) is 0 Å². The van der Waals surface area contributed by atoms with E-state index in [2.05, 4.69) is 137 Å². The molecule has 4 heteroatoms. The number of fused-ring (bicyclic) bond motifs is 9. The summed E-state index contributed by atoms with van der Waals surface area (Å²) in [4.78, 5) is 0.810. The zero-order valence-electron chi connectivity index (χ0n) is 22.9. The number of hydrogen-bond donors (Lipinski definition) is 2. The van der Waals surface area contributed by atoms with Gasteiger partial charge < -0.3 is 14.9 Å². The summed E-state index contributed by atoms with van der Waals surface area (Å²) in [5.74, 6) is 0. The van der Waals surface area contributed by atoms with Gasteiger partial charge in [-0.05, 0) is 77.5 Å². The molecule has 1 aliphatic carbocycles. The lowest BCUT2D eigenvalue weighted by Crippen LogP contribution is -1.99. The summed E-state index contributed by atoms with van der Waals surface area (Å²) in [5, 5.41) is 9.60. The van der Waals surface area contributed by atoms with Gasteiger partial charge >= 0.3 is 0 Å². The molecule has 9 rings (SSSR count). The standard InChI is InChI=1S/C38H27N3S/c39-38-36(42)19-16-23-14-15-24-20-26(17-18-27(24)37(23)38)41-33-13-7-5-11-29(33)31-21-30-28-10-4-6-12-32(28)40(34(30)22-35(31)41)25-8-2-1-3-9-25/h1-2,4-8,10-22,42H,3,9,39H2. The molecular formula is C38H27N3S. The monoisotopic (exact) mass is 557 g/mol. The molecule has 0 atom stereocenters. The third-order valence-corrected chi connectivity index (χ3v) is 9.39. The average Bonchev–Trinajstić information content (AvgIpc) is 3.54. The molecule has 0 spiro atoms. The molecule has 2 heterocycles. The maximum absolute atomic E-state index is 6.53. The fraction of sp³-hybridized carbons (Fsp3) is 0.0526. The van der Waals surface area contributed by atoms with Crippen LogP contribution in [0.1, 0.15) is 12.8 Å². The second kappa shape index (κ2) is 8.78. The van der Waals surface area contributed by atoms with Crippen LogP contribution in [-0.4, -0.2) is 9.13 Å². The first-order valence-electron chi connectivity index (χ1n) is 14.4. The molecule has 0 saturated heterocycles. The van der Waals surface area contributed by atoms with E-state index in [1.807, 2.05) is 6.07 Å². The van der Waals surface area contributed by atoms with Gasteiger partial charge in [0.05, 0.1) is 27.8 Å². The van der Waals surface area contributed by atoms with Gasteiger partial charge in [0.2, 0.25) is 0 Å². The van der Waals surface area contributed by atoms with Crippen LogP contribution in [0.5, 0.6) is 0 Å². The molecule has 8 aromatic rings. The summed E-state index contributed by atoms with van der Waals surface area (Å²) >= 11 is 4.60. The second-order valence-electron chi connectivity index (χ2n) is 11.3. The fourth-order valence-electron chi connectivity index (χ4n) is 7.09. The van der Waals surface area contributed by atoms with E-state index >= 15 is 0 Å². The van der Waals surface area contributed by atoms with Crippen molar-refractivity contribution in [3.63, 3.8) is 0 Å². The Morgan fingerprint density at radius 3 is 2.05 bits per heavy atom. The highest BCUT2D eigenvalue weighted by Crippen LogP contribution is 2.41. The highest BCUT2D eigenvalue weighted by Gasteiger charge is 2.19. The normalized spacial score (nSPS) is 13.8. The average molecular weight is 558 g/mol. The van der Waals surface area contributed by atoms with Crippen LogP contribution in [0, 0.1) is 0 Å². The van der Waals surface area contributed by atoms with Gasteiger partial charge in [-0.25, -0.2) is 0 Å². The Bertz CT molecular complexity index is 2490. The van der Waals surface area contributed by atoms with E-state index in [0.29, 0.717) is 0 Å². The molecule has 2 aromatic heterocycles. The third-order valence-electron chi connectivity index (χ3n) is 9.00. The summed E-state index contributed by atoms with van der Waals surface area (Å²) in [6, 6.07) is 37.5. The number of nitrogens with two attached hydrogens (primary N) is 1. The Balaban J connectivity index is 1.39. The number of hydrogen-bond acceptors (Lipinski definition) is 2. The maximum atomic E-state index is 6.53. The summed E-state index contributed by atoms with van der Waals surface area (Å²) in [7, 11) is 0. The van der Waals surface area contributed by atoms with Crippen molar-refractivity contribution in [3.05, 3.63) is 121 Å². The lowest BCUT2D eigenvalue weighted by Gasteiger charge is -2.15. The molecule has 0 unspecified atom stereocenters.